The van der Waals surface area contributed by atoms with E-state index in [1.807, 2.05) is 37.3 Å². The van der Waals surface area contributed by atoms with Crippen LogP contribution in [0.25, 0.3) is 0 Å². The fourth-order valence-electron chi connectivity index (χ4n) is 1.77. The Bertz CT molecular complexity index is 457. The number of aliphatic imine (C=N–C) groups is 1. The summed E-state index contributed by atoms with van der Waals surface area (Å²) < 4.78 is 0. The van der Waals surface area contributed by atoms with Crippen molar-refractivity contribution in [2.75, 3.05) is 31.6 Å². The largest absolute Gasteiger partial charge is 0.357 e. The van der Waals surface area contributed by atoms with Gasteiger partial charge in [-0.05, 0) is 18.7 Å². The van der Waals surface area contributed by atoms with Crippen LogP contribution in [0.15, 0.2) is 35.3 Å². The summed E-state index contributed by atoms with van der Waals surface area (Å²) in [7, 11) is 0. The number of carbonyl (C=O) groups is 1. The van der Waals surface area contributed by atoms with Crippen LogP contribution in [-0.4, -0.2) is 43.5 Å². The zero-order valence-electron chi connectivity index (χ0n) is 13.8. The van der Waals surface area contributed by atoms with Crippen molar-refractivity contribution < 1.29 is 4.79 Å². The van der Waals surface area contributed by atoms with Gasteiger partial charge in [-0.3, -0.25) is 9.79 Å². The first-order valence-electron chi connectivity index (χ1n) is 7.58. The Morgan fingerprint density at radius 2 is 1.91 bits per heavy atom. The van der Waals surface area contributed by atoms with Gasteiger partial charge < -0.3 is 16.0 Å². The van der Waals surface area contributed by atoms with Gasteiger partial charge in [-0.1, -0.05) is 30.3 Å². The molecule has 130 valence electrons. The molecular formula is C16H27IN4OS. The molecule has 0 aromatic heterocycles. The third-order valence-electron chi connectivity index (χ3n) is 2.89. The molecule has 0 atom stereocenters. The van der Waals surface area contributed by atoms with E-state index in [1.54, 1.807) is 11.8 Å². The van der Waals surface area contributed by atoms with Crippen molar-refractivity contribution in [2.24, 2.45) is 4.99 Å². The van der Waals surface area contributed by atoms with E-state index in [9.17, 15) is 4.79 Å². The molecule has 0 radical (unpaired) electrons. The number of amides is 1. The van der Waals surface area contributed by atoms with Gasteiger partial charge in [-0.25, -0.2) is 0 Å². The lowest BCUT2D eigenvalue weighted by Crippen LogP contribution is -2.39. The Hall–Kier alpha value is -0.960. The van der Waals surface area contributed by atoms with Crippen molar-refractivity contribution >= 4 is 47.6 Å². The van der Waals surface area contributed by atoms with Gasteiger partial charge in [0.05, 0.1) is 6.54 Å². The molecule has 0 spiro atoms. The maximum Gasteiger partial charge on any atom is 0.222 e. The predicted molar refractivity (Wildman–Crippen MR) is 111 cm³/mol. The third-order valence-corrected chi connectivity index (χ3v) is 3.48. The number of nitrogens with zero attached hydrogens (tertiary/aromatic N) is 1. The number of hydrogen-bond acceptors (Lipinski definition) is 3. The van der Waals surface area contributed by atoms with E-state index in [4.69, 9.17) is 0 Å². The van der Waals surface area contributed by atoms with Crippen LogP contribution in [0.2, 0.25) is 0 Å². The minimum atomic E-state index is 0. The Morgan fingerprint density at radius 3 is 2.57 bits per heavy atom. The molecule has 0 aliphatic rings. The smallest absolute Gasteiger partial charge is 0.222 e. The van der Waals surface area contributed by atoms with Crippen molar-refractivity contribution in [3.63, 3.8) is 0 Å². The van der Waals surface area contributed by atoms with E-state index in [-0.39, 0.29) is 29.9 Å². The Labute approximate surface area is 160 Å². The lowest BCUT2D eigenvalue weighted by molar-refractivity contribution is -0.121. The van der Waals surface area contributed by atoms with Crippen LogP contribution in [-0.2, 0) is 11.3 Å². The molecule has 5 nitrogen and oxygen atoms in total. The Kier molecular flexibility index (Phi) is 14.0. The molecule has 1 amide bonds. The molecule has 0 unspecified atom stereocenters. The molecular weight excluding hydrogens is 423 g/mol. The summed E-state index contributed by atoms with van der Waals surface area (Å²) in [6, 6.07) is 9.90. The lowest BCUT2D eigenvalue weighted by atomic mass is 10.2. The van der Waals surface area contributed by atoms with Gasteiger partial charge in [-0.15, -0.1) is 24.0 Å². The van der Waals surface area contributed by atoms with Gasteiger partial charge in [0.1, 0.15) is 0 Å². The molecule has 0 aliphatic heterocycles. The number of nitrogens with one attached hydrogen (secondary N) is 3. The van der Waals surface area contributed by atoms with Crippen LogP contribution in [0.1, 0.15) is 18.9 Å². The standard InChI is InChI=1S/C16H26N4OS.HI/c1-3-17-16(19-11-12-22-2)18-10-9-15(21)20-13-14-7-5-4-6-8-14;/h4-8H,3,9-13H2,1-2H3,(H,20,21)(H2,17,18,19);1H. The second-order valence-electron chi connectivity index (χ2n) is 4.69. The molecule has 1 aromatic carbocycles. The fraction of sp³-hybridized carbons (Fsp3) is 0.500. The molecule has 23 heavy (non-hydrogen) atoms. The van der Waals surface area contributed by atoms with E-state index >= 15 is 0 Å². The van der Waals surface area contributed by atoms with E-state index in [2.05, 4.69) is 27.2 Å². The van der Waals surface area contributed by atoms with Gasteiger partial charge in [0.25, 0.3) is 0 Å². The predicted octanol–water partition coefficient (Wildman–Crippen LogP) is 2.23. The lowest BCUT2D eigenvalue weighted by Gasteiger charge is -2.11. The van der Waals surface area contributed by atoms with Crippen molar-refractivity contribution in [2.45, 2.75) is 19.9 Å². The van der Waals surface area contributed by atoms with Crippen LogP contribution < -0.4 is 16.0 Å². The Morgan fingerprint density at radius 1 is 1.17 bits per heavy atom. The number of hydrogen-bond donors (Lipinski definition) is 3. The maximum atomic E-state index is 11.8. The highest BCUT2D eigenvalue weighted by Crippen LogP contribution is 1.97. The first kappa shape index (κ1) is 22.0. The van der Waals surface area contributed by atoms with Crippen molar-refractivity contribution in [1.29, 1.82) is 0 Å². The summed E-state index contributed by atoms with van der Waals surface area (Å²) >= 11 is 1.77. The summed E-state index contributed by atoms with van der Waals surface area (Å²) in [5.74, 6) is 1.80. The van der Waals surface area contributed by atoms with Gasteiger partial charge in [0, 0.05) is 31.8 Å². The number of carbonyl (C=O) groups excluding carboxylic acids is 1. The summed E-state index contributed by atoms with van der Waals surface area (Å²) in [6.45, 7) is 4.76. The second-order valence-corrected chi connectivity index (χ2v) is 5.68. The molecule has 1 aromatic rings. The first-order chi connectivity index (χ1) is 10.8. The van der Waals surface area contributed by atoms with Gasteiger partial charge in [0.15, 0.2) is 5.96 Å². The van der Waals surface area contributed by atoms with Gasteiger partial charge in [0.2, 0.25) is 5.91 Å². The summed E-state index contributed by atoms with van der Waals surface area (Å²) in [5.41, 5.74) is 1.11. The average molecular weight is 450 g/mol. The van der Waals surface area contributed by atoms with Gasteiger partial charge >= 0.3 is 0 Å². The summed E-state index contributed by atoms with van der Waals surface area (Å²) in [5, 5.41) is 9.26. The maximum absolute atomic E-state index is 11.8. The number of rotatable bonds is 9. The monoisotopic (exact) mass is 450 g/mol. The molecule has 0 saturated heterocycles. The first-order valence-corrected chi connectivity index (χ1v) is 8.97. The molecule has 0 heterocycles. The van der Waals surface area contributed by atoms with Crippen LogP contribution >= 0.6 is 35.7 Å². The molecule has 7 heteroatoms. The van der Waals surface area contributed by atoms with Crippen LogP contribution in [0.5, 0.6) is 0 Å². The van der Waals surface area contributed by atoms with Gasteiger partial charge in [-0.2, -0.15) is 11.8 Å². The highest BCUT2D eigenvalue weighted by molar-refractivity contribution is 14.0. The fourth-order valence-corrected chi connectivity index (χ4v) is 2.04. The molecule has 1 rings (SSSR count). The third kappa shape index (κ3) is 11.2. The van der Waals surface area contributed by atoms with E-state index in [1.165, 1.54) is 0 Å². The number of guanidine groups is 1. The summed E-state index contributed by atoms with van der Waals surface area (Å²) in [4.78, 5) is 16.2. The minimum Gasteiger partial charge on any atom is -0.357 e. The number of thioether (sulfide) groups is 1. The summed E-state index contributed by atoms with van der Waals surface area (Å²) in [6.07, 6.45) is 2.49. The van der Waals surface area contributed by atoms with E-state index < -0.39 is 0 Å². The van der Waals surface area contributed by atoms with Crippen LogP contribution in [0.3, 0.4) is 0 Å². The molecule has 0 fully saturated rings. The van der Waals surface area contributed by atoms with E-state index in [0.717, 1.165) is 30.4 Å². The zero-order chi connectivity index (χ0) is 16.0. The van der Waals surface area contributed by atoms with Crippen LogP contribution in [0, 0.1) is 0 Å². The number of benzene rings is 1. The normalized spacial score (nSPS) is 10.6. The van der Waals surface area contributed by atoms with Crippen molar-refractivity contribution in [3.8, 4) is 0 Å². The topological polar surface area (TPSA) is 65.5 Å². The molecule has 3 N–H and O–H groups in total. The highest BCUT2D eigenvalue weighted by atomic mass is 127. The molecule has 0 bridgehead atoms. The zero-order valence-corrected chi connectivity index (χ0v) is 16.9. The average Bonchev–Trinajstić information content (AvgIpc) is 2.54. The van der Waals surface area contributed by atoms with E-state index in [0.29, 0.717) is 19.5 Å². The van der Waals surface area contributed by atoms with Crippen molar-refractivity contribution in [3.05, 3.63) is 35.9 Å². The molecule has 0 saturated carbocycles. The second kappa shape index (κ2) is 14.6. The molecule has 0 aliphatic carbocycles. The quantitative estimate of drug-likeness (QED) is 0.234. The highest BCUT2D eigenvalue weighted by Gasteiger charge is 2.02. The SMILES string of the molecule is CCNC(=NCCSC)NCCC(=O)NCc1ccccc1.I. The van der Waals surface area contributed by atoms with Crippen LogP contribution in [0.4, 0.5) is 0 Å². The van der Waals surface area contributed by atoms with Crippen molar-refractivity contribution in [1.82, 2.24) is 16.0 Å². The Balaban J connectivity index is 0.00000484. The minimum absolute atomic E-state index is 0. The number of halogens is 1.